The van der Waals surface area contributed by atoms with Gasteiger partial charge in [-0.3, -0.25) is 19.7 Å². The number of rotatable bonds is 5. The first-order valence-electron chi connectivity index (χ1n) is 9.96. The molecule has 0 amide bonds. The number of nitro benzene ring substituents is 1. The number of Topliss-reactive ketones (excluding diaryl/α,β-unsaturated/α-hetero) is 1. The Labute approximate surface area is 179 Å². The molecule has 0 aromatic heterocycles. The number of hydrogen-bond donors (Lipinski definition) is 1. The van der Waals surface area contributed by atoms with Crippen LogP contribution >= 0.6 is 0 Å². The summed E-state index contributed by atoms with van der Waals surface area (Å²) in [5, 5.41) is 14.9. The minimum Gasteiger partial charge on any atom is -0.468 e. The number of ether oxygens (including phenoxy) is 2. The quantitative estimate of drug-likeness (QED) is 0.328. The summed E-state index contributed by atoms with van der Waals surface area (Å²) in [6, 6.07) is 5.96. The van der Waals surface area contributed by atoms with E-state index in [0.29, 0.717) is 17.8 Å². The van der Waals surface area contributed by atoms with E-state index < -0.39 is 34.5 Å². The predicted molar refractivity (Wildman–Crippen MR) is 110 cm³/mol. The van der Waals surface area contributed by atoms with Crippen LogP contribution in [0.4, 0.5) is 5.69 Å². The molecule has 0 saturated carbocycles. The first kappa shape index (κ1) is 22.2. The Morgan fingerprint density at radius 1 is 1.29 bits per heavy atom. The molecule has 2 aliphatic rings. The third-order valence-electron chi connectivity index (χ3n) is 5.68. The van der Waals surface area contributed by atoms with E-state index in [1.807, 2.05) is 0 Å². The molecule has 3 rings (SSSR count). The van der Waals surface area contributed by atoms with Gasteiger partial charge < -0.3 is 14.8 Å². The highest BCUT2D eigenvalue weighted by molar-refractivity contribution is 6.12. The number of hydrogen-bond acceptors (Lipinski definition) is 8. The summed E-state index contributed by atoms with van der Waals surface area (Å²) >= 11 is 0. The Hall–Kier alpha value is -3.49. The molecule has 1 heterocycles. The largest absolute Gasteiger partial charge is 0.468 e. The van der Waals surface area contributed by atoms with Crippen molar-refractivity contribution in [2.24, 2.45) is 11.8 Å². The van der Waals surface area contributed by atoms with Crippen molar-refractivity contribution in [3.8, 4) is 0 Å². The average molecular weight is 428 g/mol. The number of carbonyl (C=O) groups is 3. The van der Waals surface area contributed by atoms with E-state index >= 15 is 0 Å². The summed E-state index contributed by atoms with van der Waals surface area (Å²) < 4.78 is 10.0. The van der Waals surface area contributed by atoms with Gasteiger partial charge >= 0.3 is 11.9 Å². The molecular weight excluding hydrogens is 404 g/mol. The number of para-hydroxylation sites is 1. The molecule has 0 fully saturated rings. The van der Waals surface area contributed by atoms with Crippen LogP contribution in [0.5, 0.6) is 0 Å². The molecule has 1 aromatic carbocycles. The highest BCUT2D eigenvalue weighted by Gasteiger charge is 2.48. The van der Waals surface area contributed by atoms with E-state index in [2.05, 4.69) is 5.32 Å². The van der Waals surface area contributed by atoms with Gasteiger partial charge in [0.2, 0.25) is 0 Å². The molecule has 1 aromatic rings. The maximum atomic E-state index is 13.5. The van der Waals surface area contributed by atoms with Gasteiger partial charge in [0.15, 0.2) is 5.78 Å². The number of allylic oxidation sites excluding steroid dienone is 3. The van der Waals surface area contributed by atoms with E-state index in [1.54, 1.807) is 26.8 Å². The standard InChI is InChI=1S/C22H24N2O7/c1-5-31-22(27)17-12(3)23-14-10-11(2)16(21(26)30-4)20(25)19(14)18(17)13-8-6-7-9-15(13)24(28)29/h6-9,11,16,18,23H,5,10H2,1-4H3/t11-,16+,18-/m0/s1. The maximum absolute atomic E-state index is 13.5. The summed E-state index contributed by atoms with van der Waals surface area (Å²) in [7, 11) is 1.21. The van der Waals surface area contributed by atoms with E-state index in [0.717, 1.165) is 0 Å². The van der Waals surface area contributed by atoms with Gasteiger partial charge in [0, 0.05) is 28.6 Å². The van der Waals surface area contributed by atoms with Crippen LogP contribution in [0.15, 0.2) is 46.8 Å². The van der Waals surface area contributed by atoms with Crippen molar-refractivity contribution in [3.05, 3.63) is 62.5 Å². The van der Waals surface area contributed by atoms with Crippen LogP contribution in [0.25, 0.3) is 0 Å². The van der Waals surface area contributed by atoms with Crippen LogP contribution in [0.3, 0.4) is 0 Å². The molecule has 1 aliphatic carbocycles. The fraction of sp³-hybridized carbons (Fsp3) is 0.409. The van der Waals surface area contributed by atoms with Gasteiger partial charge in [-0.25, -0.2) is 4.79 Å². The Balaban J connectivity index is 2.27. The van der Waals surface area contributed by atoms with Gasteiger partial charge in [-0.15, -0.1) is 0 Å². The Kier molecular flexibility index (Phi) is 6.24. The fourth-order valence-corrected chi connectivity index (χ4v) is 4.37. The van der Waals surface area contributed by atoms with Gasteiger partial charge in [0.1, 0.15) is 5.92 Å². The van der Waals surface area contributed by atoms with Crippen LogP contribution in [-0.2, 0) is 23.9 Å². The van der Waals surface area contributed by atoms with Gasteiger partial charge in [-0.2, -0.15) is 0 Å². The summed E-state index contributed by atoms with van der Waals surface area (Å²) in [5.41, 5.74) is 1.24. The number of benzene rings is 1. The van der Waals surface area contributed by atoms with Crippen LogP contribution in [-0.4, -0.2) is 36.4 Å². The minimum atomic E-state index is -1.06. The van der Waals surface area contributed by atoms with Crippen LogP contribution in [0.1, 0.15) is 38.7 Å². The second kappa shape index (κ2) is 8.71. The SMILES string of the molecule is CCOC(=O)C1=C(C)NC2=C(C(=O)[C@H](C(=O)OC)[C@@H](C)C2)[C@H]1c1ccccc1[N+](=O)[O-]. The van der Waals surface area contributed by atoms with Crippen LogP contribution < -0.4 is 5.32 Å². The smallest absolute Gasteiger partial charge is 0.336 e. The topological polar surface area (TPSA) is 125 Å². The highest BCUT2D eigenvalue weighted by atomic mass is 16.6. The molecule has 1 aliphatic heterocycles. The first-order valence-corrected chi connectivity index (χ1v) is 9.96. The molecule has 0 bridgehead atoms. The molecule has 164 valence electrons. The highest BCUT2D eigenvalue weighted by Crippen LogP contribution is 2.47. The number of nitrogens with one attached hydrogen (secondary N) is 1. The number of dihydropyridines is 1. The third-order valence-corrected chi connectivity index (χ3v) is 5.68. The van der Waals surface area contributed by atoms with Crippen molar-refractivity contribution in [2.45, 2.75) is 33.1 Å². The zero-order valence-electron chi connectivity index (χ0n) is 17.8. The van der Waals surface area contributed by atoms with Crippen molar-refractivity contribution >= 4 is 23.4 Å². The average Bonchev–Trinajstić information content (AvgIpc) is 2.72. The molecular formula is C22H24N2O7. The van der Waals surface area contributed by atoms with Crippen molar-refractivity contribution in [2.75, 3.05) is 13.7 Å². The zero-order valence-corrected chi connectivity index (χ0v) is 17.8. The second-order valence-electron chi connectivity index (χ2n) is 7.57. The first-order chi connectivity index (χ1) is 14.7. The number of esters is 2. The lowest BCUT2D eigenvalue weighted by atomic mass is 9.69. The Morgan fingerprint density at radius 2 is 1.97 bits per heavy atom. The third kappa shape index (κ3) is 3.83. The van der Waals surface area contributed by atoms with Crippen LogP contribution in [0.2, 0.25) is 0 Å². The number of carbonyl (C=O) groups excluding carboxylic acids is 3. The van der Waals surface area contributed by atoms with Crippen LogP contribution in [0, 0.1) is 22.0 Å². The van der Waals surface area contributed by atoms with E-state index in [4.69, 9.17) is 9.47 Å². The lowest BCUT2D eigenvalue weighted by molar-refractivity contribution is -0.385. The Bertz CT molecular complexity index is 1020. The number of methoxy groups -OCH3 is 1. The van der Waals surface area contributed by atoms with Gasteiger partial charge in [-0.05, 0) is 26.2 Å². The van der Waals surface area contributed by atoms with Gasteiger partial charge in [-0.1, -0.05) is 25.1 Å². The van der Waals surface area contributed by atoms with E-state index in [-0.39, 0.29) is 34.9 Å². The van der Waals surface area contributed by atoms with Gasteiger partial charge in [0.05, 0.1) is 30.1 Å². The minimum absolute atomic E-state index is 0.0981. The molecule has 9 heteroatoms. The van der Waals surface area contributed by atoms with E-state index in [1.165, 1.54) is 25.3 Å². The molecule has 0 saturated heterocycles. The molecule has 0 unspecified atom stereocenters. The second-order valence-corrected chi connectivity index (χ2v) is 7.57. The zero-order chi connectivity index (χ0) is 22.9. The molecule has 1 N–H and O–H groups in total. The summed E-state index contributed by atoms with van der Waals surface area (Å²) in [6.45, 7) is 5.18. The van der Waals surface area contributed by atoms with Crippen molar-refractivity contribution in [1.29, 1.82) is 0 Å². The number of nitrogens with zero attached hydrogens (tertiary/aromatic N) is 1. The van der Waals surface area contributed by atoms with Gasteiger partial charge in [0.25, 0.3) is 5.69 Å². The van der Waals surface area contributed by atoms with E-state index in [9.17, 15) is 24.5 Å². The van der Waals surface area contributed by atoms with Crippen molar-refractivity contribution < 1.29 is 28.8 Å². The van der Waals surface area contributed by atoms with Crippen molar-refractivity contribution in [1.82, 2.24) is 5.32 Å². The van der Waals surface area contributed by atoms with Crippen molar-refractivity contribution in [3.63, 3.8) is 0 Å². The molecule has 31 heavy (non-hydrogen) atoms. The summed E-state index contributed by atoms with van der Waals surface area (Å²) in [4.78, 5) is 50.0. The fourth-order valence-electron chi connectivity index (χ4n) is 4.37. The Morgan fingerprint density at radius 3 is 2.58 bits per heavy atom. The number of ketones is 1. The predicted octanol–water partition coefficient (Wildman–Crippen LogP) is 2.77. The number of nitro groups is 1. The molecule has 0 radical (unpaired) electrons. The molecule has 9 nitrogen and oxygen atoms in total. The molecule has 3 atom stereocenters. The normalized spacial score (nSPS) is 23.1. The molecule has 0 spiro atoms. The summed E-state index contributed by atoms with van der Waals surface area (Å²) in [5.74, 6) is -4.29. The summed E-state index contributed by atoms with van der Waals surface area (Å²) in [6.07, 6.45) is 0.353. The maximum Gasteiger partial charge on any atom is 0.336 e. The monoisotopic (exact) mass is 428 g/mol. The lowest BCUT2D eigenvalue weighted by Crippen LogP contribution is -2.43. The lowest BCUT2D eigenvalue weighted by Gasteiger charge is -2.38.